The average Bonchev–Trinajstić information content (AvgIpc) is 2.14. The number of thiophene rings is 1. The van der Waals surface area contributed by atoms with Gasteiger partial charge in [0.2, 0.25) is 0 Å². The van der Waals surface area contributed by atoms with Crippen LogP contribution >= 0.6 is 11.3 Å². The second-order valence-corrected chi connectivity index (χ2v) is 4.06. The second-order valence-electron chi connectivity index (χ2n) is 1.60. The molecule has 0 saturated heterocycles. The first kappa shape index (κ1) is 10.4. The first-order valence-corrected chi connectivity index (χ1v) is 4.25. The Morgan fingerprint density at radius 2 is 2.20 bits per heavy atom. The Morgan fingerprint density at radius 3 is 2.40 bits per heavy atom. The Hall–Kier alpha value is 0.407. The summed E-state index contributed by atoms with van der Waals surface area (Å²) in [6, 6.07) is 3.39. The molecule has 1 unspecified atom stereocenters. The zero-order valence-corrected chi connectivity index (χ0v) is 7.42. The summed E-state index contributed by atoms with van der Waals surface area (Å²) in [5.74, 6) is 0. The molecule has 0 aliphatic carbocycles. The molecule has 5 heteroatoms. The van der Waals surface area contributed by atoms with E-state index in [4.69, 9.17) is 0 Å². The van der Waals surface area contributed by atoms with Crippen molar-refractivity contribution >= 4 is 22.4 Å². The summed E-state index contributed by atoms with van der Waals surface area (Å²) in [7, 11) is 0. The van der Waals surface area contributed by atoms with Crippen LogP contribution in [-0.4, -0.2) is 8.76 Å². The van der Waals surface area contributed by atoms with Gasteiger partial charge in [-0.3, -0.25) is 4.21 Å². The summed E-state index contributed by atoms with van der Waals surface area (Å²) < 4.78 is 20.9. The molecule has 0 fully saturated rings. The third-order valence-electron chi connectivity index (χ3n) is 0.880. The monoisotopic (exact) mass is 168 g/mol. The molecule has 10 heavy (non-hydrogen) atoms. The Morgan fingerprint density at radius 1 is 1.60 bits per heavy atom. The third-order valence-corrected chi connectivity index (χ3v) is 2.80. The number of rotatable bonds is 1. The van der Waals surface area contributed by atoms with E-state index >= 15 is 0 Å². The van der Waals surface area contributed by atoms with Gasteiger partial charge in [-0.05, 0) is 30.1 Å². The first-order valence-electron chi connectivity index (χ1n) is 2.36. The van der Waals surface area contributed by atoms with E-state index in [2.05, 4.69) is 0 Å². The van der Waals surface area contributed by atoms with Crippen molar-refractivity contribution < 1.29 is 27.6 Å². The van der Waals surface area contributed by atoms with E-state index in [0.717, 1.165) is 4.88 Å². The standard InChI is InChI=1S/C5H6O2S2.Li/c1-4-2-3-5(8-4)9(6)7;/h2-3H,1H3,(H,6,7);/q;+1/p-1. The zero-order chi connectivity index (χ0) is 6.85. The van der Waals surface area contributed by atoms with E-state index in [0.29, 0.717) is 4.21 Å². The van der Waals surface area contributed by atoms with Crippen LogP contribution in [-0.2, 0) is 11.1 Å². The fourth-order valence-corrected chi connectivity index (χ4v) is 1.94. The Kier molecular flexibility index (Phi) is 4.50. The maximum Gasteiger partial charge on any atom is 1.00 e. The predicted octanol–water partition coefficient (Wildman–Crippen LogP) is -1.70. The molecule has 50 valence electrons. The van der Waals surface area contributed by atoms with Crippen molar-refractivity contribution in [1.82, 2.24) is 0 Å². The van der Waals surface area contributed by atoms with Gasteiger partial charge in [-0.15, -0.1) is 11.3 Å². The van der Waals surface area contributed by atoms with Gasteiger partial charge in [-0.2, -0.15) is 0 Å². The van der Waals surface area contributed by atoms with Gasteiger partial charge in [0.1, 0.15) is 0 Å². The van der Waals surface area contributed by atoms with Gasteiger partial charge < -0.3 is 4.55 Å². The van der Waals surface area contributed by atoms with Crippen molar-refractivity contribution in [3.63, 3.8) is 0 Å². The predicted molar refractivity (Wildman–Crippen MR) is 36.2 cm³/mol. The van der Waals surface area contributed by atoms with Crippen LogP contribution in [0, 0.1) is 6.92 Å². The molecule has 0 bridgehead atoms. The summed E-state index contributed by atoms with van der Waals surface area (Å²) in [5.41, 5.74) is 0. The number of hydrogen-bond acceptors (Lipinski definition) is 3. The van der Waals surface area contributed by atoms with Gasteiger partial charge in [0, 0.05) is 4.88 Å². The molecule has 1 heterocycles. The Bertz CT molecular complexity index is 233. The molecule has 0 saturated carbocycles. The van der Waals surface area contributed by atoms with Crippen molar-refractivity contribution in [1.29, 1.82) is 0 Å². The summed E-state index contributed by atoms with van der Waals surface area (Å²) >= 11 is -0.756. The molecule has 1 aromatic rings. The smallest absolute Gasteiger partial charge is 0.768 e. The van der Waals surface area contributed by atoms with Gasteiger partial charge >= 0.3 is 18.9 Å². The molecular formula is C5H5LiO2S2. The summed E-state index contributed by atoms with van der Waals surface area (Å²) in [6.07, 6.45) is 0. The van der Waals surface area contributed by atoms with Crippen molar-refractivity contribution in [3.8, 4) is 0 Å². The van der Waals surface area contributed by atoms with Crippen LogP contribution in [0.2, 0.25) is 0 Å². The van der Waals surface area contributed by atoms with Crippen LogP contribution in [0.4, 0.5) is 0 Å². The maximum atomic E-state index is 10.2. The topological polar surface area (TPSA) is 40.1 Å². The summed E-state index contributed by atoms with van der Waals surface area (Å²) in [5, 5.41) is 0. The van der Waals surface area contributed by atoms with E-state index in [1.165, 1.54) is 11.3 Å². The SMILES string of the molecule is Cc1ccc(S(=O)[O-])s1.[Li+]. The van der Waals surface area contributed by atoms with Crippen molar-refractivity contribution in [3.05, 3.63) is 17.0 Å². The van der Waals surface area contributed by atoms with Crippen LogP contribution in [0.3, 0.4) is 0 Å². The fourth-order valence-electron chi connectivity index (χ4n) is 0.502. The van der Waals surface area contributed by atoms with Gasteiger partial charge in [0.25, 0.3) is 0 Å². The minimum absolute atomic E-state index is 0. The van der Waals surface area contributed by atoms with Gasteiger partial charge in [0.15, 0.2) is 0 Å². The Labute approximate surface area is 78.1 Å². The number of hydrogen-bond donors (Lipinski definition) is 0. The maximum absolute atomic E-state index is 10.2. The normalized spacial score (nSPS) is 12.2. The van der Waals surface area contributed by atoms with E-state index in [-0.39, 0.29) is 18.9 Å². The van der Waals surface area contributed by atoms with E-state index in [9.17, 15) is 8.76 Å². The number of aryl methyl sites for hydroxylation is 1. The molecule has 0 aliphatic heterocycles. The summed E-state index contributed by atoms with van der Waals surface area (Å²) in [6.45, 7) is 1.88. The fraction of sp³-hybridized carbons (Fsp3) is 0.200. The molecule has 2 nitrogen and oxygen atoms in total. The van der Waals surface area contributed by atoms with Crippen LogP contribution in [0.15, 0.2) is 16.3 Å². The summed E-state index contributed by atoms with van der Waals surface area (Å²) in [4.78, 5) is 1.02. The minimum atomic E-state index is -2.04. The molecule has 1 rings (SSSR count). The van der Waals surface area contributed by atoms with Crippen LogP contribution < -0.4 is 18.9 Å². The first-order chi connectivity index (χ1) is 4.20. The minimum Gasteiger partial charge on any atom is -0.768 e. The second kappa shape index (κ2) is 4.32. The van der Waals surface area contributed by atoms with Crippen LogP contribution in [0.5, 0.6) is 0 Å². The molecule has 1 aromatic heterocycles. The third kappa shape index (κ3) is 2.57. The van der Waals surface area contributed by atoms with Gasteiger partial charge in [0.05, 0.1) is 4.21 Å². The van der Waals surface area contributed by atoms with Crippen LogP contribution in [0.25, 0.3) is 0 Å². The molecule has 0 aliphatic rings. The molecule has 0 spiro atoms. The van der Waals surface area contributed by atoms with Gasteiger partial charge in [-0.25, -0.2) is 0 Å². The van der Waals surface area contributed by atoms with Crippen molar-refractivity contribution in [2.75, 3.05) is 0 Å². The molecule has 0 amide bonds. The van der Waals surface area contributed by atoms with Crippen molar-refractivity contribution in [2.24, 2.45) is 0 Å². The average molecular weight is 168 g/mol. The molecule has 0 radical (unpaired) electrons. The van der Waals surface area contributed by atoms with Crippen molar-refractivity contribution in [2.45, 2.75) is 11.1 Å². The molecule has 0 N–H and O–H groups in total. The van der Waals surface area contributed by atoms with E-state index in [1.807, 2.05) is 6.92 Å². The molecular weight excluding hydrogens is 163 g/mol. The van der Waals surface area contributed by atoms with E-state index < -0.39 is 11.1 Å². The quantitative estimate of drug-likeness (QED) is 0.370. The van der Waals surface area contributed by atoms with Gasteiger partial charge in [-0.1, -0.05) is 0 Å². The molecule has 0 aromatic carbocycles. The molecule has 1 atom stereocenters. The van der Waals surface area contributed by atoms with Crippen LogP contribution in [0.1, 0.15) is 4.88 Å². The Balaban J connectivity index is 0.000000810. The van der Waals surface area contributed by atoms with E-state index in [1.54, 1.807) is 12.1 Å². The zero-order valence-electron chi connectivity index (χ0n) is 5.79. The largest absolute Gasteiger partial charge is 1.00 e.